The Morgan fingerprint density at radius 3 is 2.48 bits per heavy atom. The van der Waals surface area contributed by atoms with Gasteiger partial charge >= 0.3 is 0 Å². The first kappa shape index (κ1) is 21.0. The topological polar surface area (TPSA) is 50.7 Å². The van der Waals surface area contributed by atoms with Gasteiger partial charge in [-0.3, -0.25) is 4.79 Å². The lowest BCUT2D eigenvalue weighted by Gasteiger charge is -2.07. The highest BCUT2D eigenvalue weighted by Gasteiger charge is 2.02. The molecule has 0 spiro atoms. The fourth-order valence-corrected chi connectivity index (χ4v) is 3.50. The third-order valence-electron chi connectivity index (χ3n) is 3.98. The molecule has 0 aromatic heterocycles. The minimum atomic E-state index is -0.107. The van der Waals surface area contributed by atoms with Crippen LogP contribution in [0.4, 0.5) is 0 Å². The molecule has 4 nitrogen and oxygen atoms in total. The maximum atomic E-state index is 11.9. The van der Waals surface area contributed by atoms with Crippen LogP contribution in [0.5, 0.6) is 5.75 Å². The van der Waals surface area contributed by atoms with Crippen molar-refractivity contribution in [2.75, 3.05) is 5.75 Å². The summed E-state index contributed by atoms with van der Waals surface area (Å²) >= 11 is 7.78. The molecule has 0 radical (unpaired) electrons. The van der Waals surface area contributed by atoms with E-state index >= 15 is 0 Å². The second kappa shape index (κ2) is 11.3. The van der Waals surface area contributed by atoms with Crippen LogP contribution in [0, 0.1) is 0 Å². The number of rotatable bonds is 9. The number of benzene rings is 3. The van der Waals surface area contributed by atoms with Gasteiger partial charge in [-0.05, 0) is 48.0 Å². The van der Waals surface area contributed by atoms with E-state index in [-0.39, 0.29) is 5.91 Å². The molecule has 0 fully saturated rings. The van der Waals surface area contributed by atoms with Gasteiger partial charge in [0.25, 0.3) is 0 Å². The third-order valence-corrected chi connectivity index (χ3v) is 5.36. The molecule has 0 saturated carbocycles. The monoisotopic (exact) mass is 424 g/mol. The number of carbonyl (C=O) groups excluding carboxylic acids is 1. The highest BCUT2D eigenvalue weighted by Crippen LogP contribution is 2.19. The SMILES string of the molecule is O=C(CCSc1ccccc1)N/N=C\c1ccc(OCc2ccccc2Cl)cc1. The second-order valence-electron chi connectivity index (χ2n) is 6.15. The van der Waals surface area contributed by atoms with Crippen LogP contribution in [0.15, 0.2) is 88.9 Å². The van der Waals surface area contributed by atoms with E-state index in [1.807, 2.05) is 78.9 Å². The predicted octanol–water partition coefficient (Wildman–Crippen LogP) is 5.55. The Labute approximate surface area is 179 Å². The number of hydrogen-bond donors (Lipinski definition) is 1. The Balaban J connectivity index is 1.39. The van der Waals surface area contributed by atoms with Gasteiger partial charge in [-0.25, -0.2) is 5.43 Å². The summed E-state index contributed by atoms with van der Waals surface area (Å²) in [6, 6.07) is 25.1. The zero-order valence-corrected chi connectivity index (χ0v) is 17.3. The number of nitrogens with one attached hydrogen (secondary N) is 1. The average Bonchev–Trinajstić information content (AvgIpc) is 2.75. The van der Waals surface area contributed by atoms with Gasteiger partial charge in [-0.15, -0.1) is 11.8 Å². The highest BCUT2D eigenvalue weighted by molar-refractivity contribution is 7.99. The predicted molar refractivity (Wildman–Crippen MR) is 120 cm³/mol. The molecule has 0 unspecified atom stereocenters. The number of hydrogen-bond acceptors (Lipinski definition) is 4. The molecule has 3 aromatic rings. The number of halogens is 1. The minimum absolute atomic E-state index is 0.107. The summed E-state index contributed by atoms with van der Waals surface area (Å²) in [4.78, 5) is 13.0. The molecule has 0 heterocycles. The average molecular weight is 425 g/mol. The van der Waals surface area contributed by atoms with E-state index in [2.05, 4.69) is 10.5 Å². The molecule has 0 aliphatic heterocycles. The molecule has 0 atom stereocenters. The summed E-state index contributed by atoms with van der Waals surface area (Å²) in [5.41, 5.74) is 4.36. The van der Waals surface area contributed by atoms with Gasteiger partial charge in [-0.2, -0.15) is 5.10 Å². The zero-order chi connectivity index (χ0) is 20.3. The Morgan fingerprint density at radius 2 is 1.72 bits per heavy atom. The summed E-state index contributed by atoms with van der Waals surface area (Å²) in [5, 5.41) is 4.70. The Kier molecular flexibility index (Phi) is 8.16. The van der Waals surface area contributed by atoms with Crippen LogP contribution in [0.3, 0.4) is 0 Å². The van der Waals surface area contributed by atoms with E-state index in [9.17, 15) is 4.79 Å². The molecule has 3 aromatic carbocycles. The van der Waals surface area contributed by atoms with E-state index in [0.717, 1.165) is 21.8 Å². The van der Waals surface area contributed by atoms with Crippen molar-refractivity contribution in [2.24, 2.45) is 5.10 Å². The molecule has 1 amide bonds. The number of ether oxygens (including phenoxy) is 1. The molecule has 0 bridgehead atoms. The van der Waals surface area contributed by atoms with E-state index in [0.29, 0.717) is 23.8 Å². The van der Waals surface area contributed by atoms with E-state index in [1.165, 1.54) is 0 Å². The summed E-state index contributed by atoms with van der Waals surface area (Å²) < 4.78 is 5.75. The smallest absolute Gasteiger partial charge is 0.240 e. The molecule has 148 valence electrons. The first-order valence-electron chi connectivity index (χ1n) is 9.17. The van der Waals surface area contributed by atoms with Crippen molar-refractivity contribution in [1.29, 1.82) is 0 Å². The molecule has 0 aliphatic rings. The molecule has 29 heavy (non-hydrogen) atoms. The van der Waals surface area contributed by atoms with Crippen molar-refractivity contribution >= 4 is 35.5 Å². The molecule has 0 saturated heterocycles. The first-order chi connectivity index (χ1) is 14.2. The van der Waals surface area contributed by atoms with Crippen LogP contribution < -0.4 is 10.2 Å². The molecule has 6 heteroatoms. The quantitative estimate of drug-likeness (QED) is 0.278. The van der Waals surface area contributed by atoms with Crippen molar-refractivity contribution in [2.45, 2.75) is 17.9 Å². The fraction of sp³-hybridized carbons (Fsp3) is 0.130. The Hall–Kier alpha value is -2.76. The van der Waals surface area contributed by atoms with Crippen LogP contribution in [0.25, 0.3) is 0 Å². The first-order valence-corrected chi connectivity index (χ1v) is 10.5. The van der Waals surface area contributed by atoms with Crippen LogP contribution >= 0.6 is 23.4 Å². The van der Waals surface area contributed by atoms with Crippen molar-refractivity contribution in [3.8, 4) is 5.75 Å². The number of nitrogens with zero attached hydrogens (tertiary/aromatic N) is 1. The van der Waals surface area contributed by atoms with Crippen LogP contribution in [-0.4, -0.2) is 17.9 Å². The van der Waals surface area contributed by atoms with Gasteiger partial charge in [-0.1, -0.05) is 48.0 Å². The normalized spacial score (nSPS) is 10.8. The number of amides is 1. The molecule has 3 rings (SSSR count). The number of carbonyl (C=O) groups is 1. The summed E-state index contributed by atoms with van der Waals surface area (Å²) in [7, 11) is 0. The third kappa shape index (κ3) is 7.29. The maximum Gasteiger partial charge on any atom is 0.240 e. The molecule has 1 N–H and O–H groups in total. The van der Waals surface area contributed by atoms with Crippen LogP contribution in [0.2, 0.25) is 5.02 Å². The van der Waals surface area contributed by atoms with Gasteiger partial charge in [0.2, 0.25) is 5.91 Å². The van der Waals surface area contributed by atoms with E-state index in [1.54, 1.807) is 18.0 Å². The lowest BCUT2D eigenvalue weighted by molar-refractivity contribution is -0.120. The van der Waals surface area contributed by atoms with Crippen molar-refractivity contribution < 1.29 is 9.53 Å². The number of hydrazone groups is 1. The van der Waals surface area contributed by atoms with Crippen LogP contribution in [0.1, 0.15) is 17.5 Å². The molecular formula is C23H21ClN2O2S. The van der Waals surface area contributed by atoms with Gasteiger partial charge in [0.15, 0.2) is 0 Å². The van der Waals surface area contributed by atoms with Gasteiger partial charge in [0, 0.05) is 27.7 Å². The maximum absolute atomic E-state index is 11.9. The Morgan fingerprint density at radius 1 is 1.00 bits per heavy atom. The summed E-state index contributed by atoms with van der Waals surface area (Å²) in [6.07, 6.45) is 2.02. The summed E-state index contributed by atoms with van der Waals surface area (Å²) in [6.45, 7) is 0.407. The van der Waals surface area contributed by atoms with Gasteiger partial charge in [0.1, 0.15) is 12.4 Å². The van der Waals surface area contributed by atoms with Crippen LogP contribution in [-0.2, 0) is 11.4 Å². The van der Waals surface area contributed by atoms with Gasteiger partial charge in [0.05, 0.1) is 6.21 Å². The lowest BCUT2D eigenvalue weighted by Crippen LogP contribution is -2.17. The van der Waals surface area contributed by atoms with Gasteiger partial charge < -0.3 is 4.74 Å². The van der Waals surface area contributed by atoms with E-state index in [4.69, 9.17) is 16.3 Å². The zero-order valence-electron chi connectivity index (χ0n) is 15.8. The Bertz CT molecular complexity index is 947. The molecular weight excluding hydrogens is 404 g/mol. The van der Waals surface area contributed by atoms with E-state index < -0.39 is 0 Å². The lowest BCUT2D eigenvalue weighted by atomic mass is 10.2. The number of thioether (sulfide) groups is 1. The molecule has 0 aliphatic carbocycles. The highest BCUT2D eigenvalue weighted by atomic mass is 35.5. The largest absolute Gasteiger partial charge is 0.489 e. The van der Waals surface area contributed by atoms with Crippen molar-refractivity contribution in [1.82, 2.24) is 5.43 Å². The summed E-state index contributed by atoms with van der Waals surface area (Å²) in [5.74, 6) is 1.34. The minimum Gasteiger partial charge on any atom is -0.489 e. The second-order valence-corrected chi connectivity index (χ2v) is 7.73. The standard InChI is InChI=1S/C23H21ClN2O2S/c24-22-9-5-4-6-19(22)17-28-20-12-10-18(11-13-20)16-25-26-23(27)14-15-29-21-7-2-1-3-8-21/h1-13,16H,14-15,17H2,(H,26,27)/b25-16-. The fourth-order valence-electron chi connectivity index (χ4n) is 2.44. The van der Waals surface area contributed by atoms with Crippen molar-refractivity contribution in [3.05, 3.63) is 95.0 Å². The van der Waals surface area contributed by atoms with Crippen molar-refractivity contribution in [3.63, 3.8) is 0 Å².